The number of Topliss-reactive ketones (excluding diaryl/α,β-unsaturated/α-hetero) is 1. The maximum atomic E-state index is 10.8. The highest BCUT2D eigenvalue weighted by Gasteiger charge is 2.07. The summed E-state index contributed by atoms with van der Waals surface area (Å²) in [5.41, 5.74) is 1.20. The molecule has 1 heterocycles. The molecule has 5 nitrogen and oxygen atoms in total. The van der Waals surface area contributed by atoms with E-state index in [1.54, 1.807) is 0 Å². The molecule has 0 unspecified atom stereocenters. The van der Waals surface area contributed by atoms with Gasteiger partial charge in [0, 0.05) is 0 Å². The molecule has 0 spiro atoms. The fraction of sp³-hybridized carbons (Fsp3) is 0.357. The summed E-state index contributed by atoms with van der Waals surface area (Å²) in [5.74, 6) is 1.77. The van der Waals surface area contributed by atoms with Crippen LogP contribution in [0.15, 0.2) is 33.9 Å². The monoisotopic (exact) mass is 292 g/mol. The van der Waals surface area contributed by atoms with E-state index >= 15 is 0 Å². The Labute approximate surface area is 121 Å². The van der Waals surface area contributed by atoms with Gasteiger partial charge in [-0.25, -0.2) is 0 Å². The van der Waals surface area contributed by atoms with Gasteiger partial charge >= 0.3 is 0 Å². The van der Waals surface area contributed by atoms with E-state index < -0.39 is 0 Å². The number of ketones is 1. The van der Waals surface area contributed by atoms with Crippen molar-refractivity contribution in [1.29, 1.82) is 0 Å². The van der Waals surface area contributed by atoms with Crippen LogP contribution in [0.2, 0.25) is 0 Å². The van der Waals surface area contributed by atoms with Crippen LogP contribution in [0, 0.1) is 6.92 Å². The second-order valence-corrected chi connectivity index (χ2v) is 5.29. The molecule has 20 heavy (non-hydrogen) atoms. The molecule has 0 saturated carbocycles. The Morgan fingerprint density at radius 1 is 1.30 bits per heavy atom. The Morgan fingerprint density at radius 2 is 2.05 bits per heavy atom. The lowest BCUT2D eigenvalue weighted by Gasteiger charge is -2.04. The highest BCUT2D eigenvalue weighted by atomic mass is 32.2. The number of ether oxygens (including phenoxy) is 1. The van der Waals surface area contributed by atoms with E-state index in [0.29, 0.717) is 29.9 Å². The highest BCUT2D eigenvalue weighted by molar-refractivity contribution is 7.99. The van der Waals surface area contributed by atoms with Crippen LogP contribution < -0.4 is 4.74 Å². The van der Waals surface area contributed by atoms with Crippen LogP contribution in [-0.2, 0) is 11.2 Å². The molecule has 2 rings (SSSR count). The summed E-state index contributed by atoms with van der Waals surface area (Å²) in [5, 5.41) is 8.20. The number of benzene rings is 1. The molecule has 0 N–H and O–H groups in total. The van der Waals surface area contributed by atoms with Gasteiger partial charge in [0.1, 0.15) is 11.5 Å². The summed E-state index contributed by atoms with van der Waals surface area (Å²) in [6.07, 6.45) is 0.543. The first-order valence-electron chi connectivity index (χ1n) is 6.27. The molecular weight excluding hydrogens is 276 g/mol. The second kappa shape index (κ2) is 7.09. The molecule has 0 fully saturated rings. The lowest BCUT2D eigenvalue weighted by molar-refractivity contribution is -0.114. The first kappa shape index (κ1) is 14.6. The fourth-order valence-electron chi connectivity index (χ4n) is 1.45. The van der Waals surface area contributed by atoms with Gasteiger partial charge in [0.15, 0.2) is 0 Å². The summed E-state index contributed by atoms with van der Waals surface area (Å²) in [6.45, 7) is 4.03. The maximum absolute atomic E-state index is 10.8. The molecule has 6 heteroatoms. The normalized spacial score (nSPS) is 10.5. The van der Waals surface area contributed by atoms with Gasteiger partial charge in [0.25, 0.3) is 5.22 Å². The Hall–Kier alpha value is -1.82. The molecule has 0 radical (unpaired) electrons. The van der Waals surface area contributed by atoms with Crippen molar-refractivity contribution < 1.29 is 13.9 Å². The number of carbonyl (C=O) groups excluding carboxylic acids is 1. The molecule has 2 aromatic rings. The molecule has 0 saturated heterocycles. The van der Waals surface area contributed by atoms with Gasteiger partial charge < -0.3 is 9.15 Å². The largest absolute Gasteiger partial charge is 0.493 e. The minimum atomic E-state index is 0.0810. The van der Waals surface area contributed by atoms with Crippen molar-refractivity contribution in [2.24, 2.45) is 0 Å². The Balaban J connectivity index is 1.76. The third kappa shape index (κ3) is 4.70. The number of thioether (sulfide) groups is 1. The molecule has 0 bridgehead atoms. The van der Waals surface area contributed by atoms with Crippen LogP contribution in [0.3, 0.4) is 0 Å². The second-order valence-electron chi connectivity index (χ2n) is 4.36. The van der Waals surface area contributed by atoms with Crippen LogP contribution in [-0.4, -0.2) is 28.3 Å². The minimum Gasteiger partial charge on any atom is -0.493 e. The predicted molar refractivity (Wildman–Crippen MR) is 76.1 cm³/mol. The zero-order valence-corrected chi connectivity index (χ0v) is 12.3. The predicted octanol–water partition coefficient (Wildman–Crippen LogP) is 2.68. The number of aryl methyl sites for hydroxylation is 1. The van der Waals surface area contributed by atoms with Gasteiger partial charge in [-0.15, -0.1) is 10.2 Å². The van der Waals surface area contributed by atoms with E-state index in [1.807, 2.05) is 31.2 Å². The van der Waals surface area contributed by atoms with Gasteiger partial charge in [-0.2, -0.15) is 0 Å². The van der Waals surface area contributed by atoms with Crippen LogP contribution in [0.25, 0.3) is 0 Å². The van der Waals surface area contributed by atoms with Crippen LogP contribution in [0.5, 0.6) is 5.75 Å². The lowest BCUT2D eigenvalue weighted by atomic mass is 10.2. The van der Waals surface area contributed by atoms with Gasteiger partial charge in [-0.05, 0) is 26.0 Å². The third-order valence-electron chi connectivity index (χ3n) is 2.45. The zero-order valence-electron chi connectivity index (χ0n) is 11.5. The maximum Gasteiger partial charge on any atom is 0.277 e. The van der Waals surface area contributed by atoms with Gasteiger partial charge in [0.2, 0.25) is 5.89 Å². The van der Waals surface area contributed by atoms with E-state index in [9.17, 15) is 4.79 Å². The molecule has 0 amide bonds. The summed E-state index contributed by atoms with van der Waals surface area (Å²) < 4.78 is 11.0. The topological polar surface area (TPSA) is 65.2 Å². The van der Waals surface area contributed by atoms with E-state index in [1.165, 1.54) is 24.2 Å². The van der Waals surface area contributed by atoms with E-state index in [-0.39, 0.29) is 5.78 Å². The van der Waals surface area contributed by atoms with Crippen molar-refractivity contribution in [1.82, 2.24) is 10.2 Å². The minimum absolute atomic E-state index is 0.0810. The molecule has 1 aromatic carbocycles. The van der Waals surface area contributed by atoms with Crippen molar-refractivity contribution >= 4 is 17.5 Å². The number of hydrogen-bond donors (Lipinski definition) is 0. The third-order valence-corrected chi connectivity index (χ3v) is 3.42. The molecular formula is C14H16N2O3S. The Morgan fingerprint density at radius 3 is 2.75 bits per heavy atom. The summed E-state index contributed by atoms with van der Waals surface area (Å²) in [4.78, 5) is 10.8. The number of hydrogen-bond acceptors (Lipinski definition) is 6. The van der Waals surface area contributed by atoms with Crippen molar-refractivity contribution in [3.05, 3.63) is 35.7 Å². The van der Waals surface area contributed by atoms with Crippen molar-refractivity contribution in [3.8, 4) is 5.75 Å². The summed E-state index contributed by atoms with van der Waals surface area (Å²) in [6, 6.07) is 7.85. The molecule has 0 atom stereocenters. The summed E-state index contributed by atoms with van der Waals surface area (Å²) in [7, 11) is 0. The Bertz CT molecular complexity index is 566. The number of nitrogens with zero attached hydrogens (tertiary/aromatic N) is 2. The summed E-state index contributed by atoms with van der Waals surface area (Å²) >= 11 is 1.25. The number of rotatable bonds is 7. The van der Waals surface area contributed by atoms with Crippen LogP contribution in [0.4, 0.5) is 0 Å². The quantitative estimate of drug-likeness (QED) is 0.731. The molecule has 0 aliphatic rings. The molecule has 1 aromatic heterocycles. The average Bonchev–Trinajstić information content (AvgIpc) is 2.87. The molecule has 0 aliphatic carbocycles. The fourth-order valence-corrected chi connectivity index (χ4v) is 2.03. The SMILES string of the molecule is CC(=O)CSc1nnc(CCOc2ccc(C)cc2)o1. The molecule has 0 aliphatic heterocycles. The average molecular weight is 292 g/mol. The first-order valence-corrected chi connectivity index (χ1v) is 7.26. The van der Waals surface area contributed by atoms with Gasteiger partial charge in [0.05, 0.1) is 18.8 Å². The van der Waals surface area contributed by atoms with E-state index in [4.69, 9.17) is 9.15 Å². The number of carbonyl (C=O) groups is 1. The van der Waals surface area contributed by atoms with Crippen LogP contribution >= 0.6 is 11.8 Å². The number of aromatic nitrogens is 2. The van der Waals surface area contributed by atoms with Gasteiger partial charge in [-0.1, -0.05) is 29.5 Å². The standard InChI is InChI=1S/C14H16N2O3S/c1-10-3-5-12(6-4-10)18-8-7-13-15-16-14(19-13)20-9-11(2)17/h3-6H,7-9H2,1-2H3. The van der Waals surface area contributed by atoms with Gasteiger partial charge in [-0.3, -0.25) is 4.79 Å². The van der Waals surface area contributed by atoms with E-state index in [0.717, 1.165) is 5.75 Å². The Kier molecular flexibility index (Phi) is 5.17. The van der Waals surface area contributed by atoms with Crippen molar-refractivity contribution in [3.63, 3.8) is 0 Å². The smallest absolute Gasteiger partial charge is 0.277 e. The highest BCUT2D eigenvalue weighted by Crippen LogP contribution is 2.16. The zero-order chi connectivity index (χ0) is 14.4. The van der Waals surface area contributed by atoms with Crippen molar-refractivity contribution in [2.75, 3.05) is 12.4 Å². The first-order chi connectivity index (χ1) is 9.63. The van der Waals surface area contributed by atoms with Crippen LogP contribution in [0.1, 0.15) is 18.4 Å². The lowest BCUT2D eigenvalue weighted by Crippen LogP contribution is -2.01. The van der Waals surface area contributed by atoms with Crippen molar-refractivity contribution in [2.45, 2.75) is 25.5 Å². The molecule has 106 valence electrons. The van der Waals surface area contributed by atoms with E-state index in [2.05, 4.69) is 10.2 Å².